The lowest BCUT2D eigenvalue weighted by Crippen LogP contribution is -2.48. The molecular weight excluding hydrogens is 302 g/mol. The van der Waals surface area contributed by atoms with Gasteiger partial charge in [0.2, 0.25) is 5.91 Å². The zero-order valence-corrected chi connectivity index (χ0v) is 13.8. The van der Waals surface area contributed by atoms with Crippen molar-refractivity contribution < 1.29 is 14.4 Å². The van der Waals surface area contributed by atoms with Crippen molar-refractivity contribution in [2.24, 2.45) is 0 Å². The number of hydrogen-bond acceptors (Lipinski definition) is 4. The number of likely N-dealkylation sites (N-methyl/N-ethyl adjacent to an activating group) is 1. The van der Waals surface area contributed by atoms with Gasteiger partial charge >= 0.3 is 6.03 Å². The topological polar surface area (TPSA) is 69.7 Å². The second-order valence-electron chi connectivity index (χ2n) is 6.50. The zero-order valence-electron chi connectivity index (χ0n) is 13.0. The quantitative estimate of drug-likeness (QED) is 0.792. The first-order chi connectivity index (χ1) is 10.5. The van der Waals surface area contributed by atoms with Gasteiger partial charge in [0.1, 0.15) is 12.1 Å². The molecule has 3 aliphatic rings. The summed E-state index contributed by atoms with van der Waals surface area (Å²) < 4.78 is 0. The number of carbonyl (C=O) groups excluding carboxylic acids is 3. The molecule has 1 atom stereocenters. The third-order valence-electron chi connectivity index (χ3n) is 5.08. The maximum Gasteiger partial charge on any atom is 0.325 e. The van der Waals surface area contributed by atoms with Crippen LogP contribution in [0.25, 0.3) is 0 Å². The van der Waals surface area contributed by atoms with Gasteiger partial charge in [-0.25, -0.2) is 4.79 Å². The summed E-state index contributed by atoms with van der Waals surface area (Å²) >= 11 is 1.67. The minimum atomic E-state index is -0.758. The number of rotatable bonds is 3. The Morgan fingerprint density at radius 2 is 2.09 bits per heavy atom. The summed E-state index contributed by atoms with van der Waals surface area (Å²) in [5.41, 5.74) is -0.758. The third-order valence-corrected chi connectivity index (χ3v) is 6.27. The highest BCUT2D eigenvalue weighted by Gasteiger charge is 2.53. The highest BCUT2D eigenvalue weighted by atomic mass is 32.2. The van der Waals surface area contributed by atoms with Gasteiger partial charge in [-0.05, 0) is 25.0 Å². The van der Waals surface area contributed by atoms with Crippen molar-refractivity contribution in [3.63, 3.8) is 0 Å². The van der Waals surface area contributed by atoms with Gasteiger partial charge in [-0.1, -0.05) is 19.3 Å². The molecule has 2 saturated heterocycles. The van der Waals surface area contributed by atoms with Gasteiger partial charge in [-0.2, -0.15) is 11.8 Å². The summed E-state index contributed by atoms with van der Waals surface area (Å²) in [7, 11) is 1.79. The van der Waals surface area contributed by atoms with Crippen molar-refractivity contribution in [3.05, 3.63) is 0 Å². The summed E-state index contributed by atoms with van der Waals surface area (Å²) in [5, 5.41) is 2.80. The van der Waals surface area contributed by atoms with Gasteiger partial charge in [0.15, 0.2) is 0 Å². The van der Waals surface area contributed by atoms with Crippen molar-refractivity contribution in [1.29, 1.82) is 0 Å². The Balaban J connectivity index is 1.63. The second kappa shape index (κ2) is 6.10. The van der Waals surface area contributed by atoms with Gasteiger partial charge in [-0.15, -0.1) is 0 Å². The first-order valence-corrected chi connectivity index (χ1v) is 9.16. The number of amides is 4. The number of nitrogens with zero attached hydrogens (tertiary/aromatic N) is 2. The van der Waals surface area contributed by atoms with E-state index in [1.807, 2.05) is 0 Å². The lowest BCUT2D eigenvalue weighted by Gasteiger charge is -2.32. The number of hydrogen-bond donors (Lipinski definition) is 1. The fourth-order valence-electron chi connectivity index (χ4n) is 3.57. The van der Waals surface area contributed by atoms with Crippen LogP contribution in [-0.4, -0.2) is 64.3 Å². The van der Waals surface area contributed by atoms with Crippen molar-refractivity contribution in [1.82, 2.24) is 15.1 Å². The van der Waals surface area contributed by atoms with E-state index in [1.54, 1.807) is 23.7 Å². The normalized spacial score (nSPS) is 29.2. The zero-order chi connectivity index (χ0) is 15.7. The maximum atomic E-state index is 12.5. The number of imide groups is 1. The van der Waals surface area contributed by atoms with Crippen LogP contribution < -0.4 is 5.32 Å². The first-order valence-electron chi connectivity index (χ1n) is 8.01. The van der Waals surface area contributed by atoms with E-state index in [0.717, 1.165) is 36.3 Å². The smallest absolute Gasteiger partial charge is 0.325 e. The van der Waals surface area contributed by atoms with Gasteiger partial charge in [0.25, 0.3) is 5.91 Å². The predicted molar refractivity (Wildman–Crippen MR) is 84.6 cm³/mol. The molecule has 3 fully saturated rings. The molecule has 6 nitrogen and oxygen atoms in total. The second-order valence-corrected chi connectivity index (χ2v) is 7.61. The standard InChI is InChI=1S/C15H23N3O3S/c1-17(11-5-3-2-4-6-11)12(19)9-18-13(20)15(16-14(18)21)7-8-22-10-15/h11H,2-10H2,1H3,(H,16,21). The van der Waals surface area contributed by atoms with Crippen LogP contribution in [0.5, 0.6) is 0 Å². The largest absolute Gasteiger partial charge is 0.341 e. The Morgan fingerprint density at radius 1 is 1.36 bits per heavy atom. The minimum Gasteiger partial charge on any atom is -0.341 e. The Bertz CT molecular complexity index is 484. The van der Waals surface area contributed by atoms with Crippen LogP contribution in [0.15, 0.2) is 0 Å². The Morgan fingerprint density at radius 3 is 2.73 bits per heavy atom. The lowest BCUT2D eigenvalue weighted by molar-refractivity contribution is -0.139. The molecule has 0 radical (unpaired) electrons. The van der Waals surface area contributed by atoms with E-state index < -0.39 is 11.6 Å². The van der Waals surface area contributed by atoms with E-state index in [4.69, 9.17) is 0 Å². The SMILES string of the molecule is CN(C(=O)CN1C(=O)NC2(CCSC2)C1=O)C1CCCCC1. The molecule has 1 saturated carbocycles. The van der Waals surface area contributed by atoms with Crippen molar-refractivity contribution in [2.75, 3.05) is 25.1 Å². The molecule has 0 bridgehead atoms. The molecule has 1 aliphatic carbocycles. The van der Waals surface area contributed by atoms with Gasteiger partial charge < -0.3 is 10.2 Å². The molecule has 0 aromatic heterocycles. The fourth-order valence-corrected chi connectivity index (χ4v) is 4.90. The van der Waals surface area contributed by atoms with E-state index in [1.165, 1.54) is 6.42 Å². The molecule has 4 amide bonds. The van der Waals surface area contributed by atoms with Crippen molar-refractivity contribution in [2.45, 2.75) is 50.1 Å². The average molecular weight is 325 g/mol. The summed E-state index contributed by atoms with van der Waals surface area (Å²) in [6, 6.07) is -0.170. The van der Waals surface area contributed by atoms with Crippen LogP contribution in [0, 0.1) is 0 Å². The van der Waals surface area contributed by atoms with E-state index in [-0.39, 0.29) is 24.4 Å². The maximum absolute atomic E-state index is 12.5. The van der Waals surface area contributed by atoms with Crippen LogP contribution in [0.4, 0.5) is 4.79 Å². The van der Waals surface area contributed by atoms with Crippen LogP contribution in [0.3, 0.4) is 0 Å². The van der Waals surface area contributed by atoms with Gasteiger partial charge in [0.05, 0.1) is 0 Å². The molecule has 0 aromatic rings. The molecule has 1 N–H and O–H groups in total. The molecule has 3 rings (SSSR count). The number of thioether (sulfide) groups is 1. The third kappa shape index (κ3) is 2.71. The highest BCUT2D eigenvalue weighted by molar-refractivity contribution is 7.99. The van der Waals surface area contributed by atoms with Crippen LogP contribution in [0.2, 0.25) is 0 Å². The predicted octanol–water partition coefficient (Wildman–Crippen LogP) is 1.20. The Kier molecular flexibility index (Phi) is 4.34. The Labute approximate surface area is 135 Å². The van der Waals surface area contributed by atoms with E-state index in [0.29, 0.717) is 12.2 Å². The summed E-state index contributed by atoms with van der Waals surface area (Å²) in [6.07, 6.45) is 6.21. The van der Waals surface area contributed by atoms with Gasteiger partial charge in [-0.3, -0.25) is 14.5 Å². The molecule has 1 spiro atoms. The molecular formula is C15H23N3O3S. The highest BCUT2D eigenvalue weighted by Crippen LogP contribution is 2.33. The first kappa shape index (κ1) is 15.6. The number of urea groups is 1. The fraction of sp³-hybridized carbons (Fsp3) is 0.800. The molecule has 0 aromatic carbocycles. The van der Waals surface area contributed by atoms with Gasteiger partial charge in [0, 0.05) is 18.8 Å². The molecule has 1 unspecified atom stereocenters. The monoisotopic (exact) mass is 325 g/mol. The van der Waals surface area contributed by atoms with E-state index >= 15 is 0 Å². The number of nitrogens with one attached hydrogen (secondary N) is 1. The minimum absolute atomic E-state index is 0.135. The van der Waals surface area contributed by atoms with Crippen LogP contribution in [0.1, 0.15) is 38.5 Å². The summed E-state index contributed by atoms with van der Waals surface area (Å²) in [6.45, 7) is -0.135. The van der Waals surface area contributed by atoms with Crippen molar-refractivity contribution >= 4 is 29.6 Å². The van der Waals surface area contributed by atoms with Crippen LogP contribution in [-0.2, 0) is 9.59 Å². The lowest BCUT2D eigenvalue weighted by atomic mass is 9.94. The van der Waals surface area contributed by atoms with E-state index in [2.05, 4.69) is 5.32 Å². The average Bonchev–Trinajstić information content (AvgIpc) is 3.09. The molecule has 2 heterocycles. The summed E-state index contributed by atoms with van der Waals surface area (Å²) in [4.78, 5) is 39.9. The molecule has 2 aliphatic heterocycles. The molecule has 7 heteroatoms. The van der Waals surface area contributed by atoms with Crippen LogP contribution >= 0.6 is 11.8 Å². The molecule has 122 valence electrons. The van der Waals surface area contributed by atoms with Crippen molar-refractivity contribution in [3.8, 4) is 0 Å². The molecule has 22 heavy (non-hydrogen) atoms. The Hall–Kier alpha value is -1.24. The van der Waals surface area contributed by atoms with E-state index in [9.17, 15) is 14.4 Å². The summed E-state index contributed by atoms with van der Waals surface area (Å²) in [5.74, 6) is 1.11. The number of carbonyl (C=O) groups is 3.